The number of benzene rings is 1. The van der Waals surface area contributed by atoms with Crippen LogP contribution in [0.3, 0.4) is 0 Å². The number of hydrogen-bond donors (Lipinski definition) is 2. The van der Waals surface area contributed by atoms with Crippen LogP contribution in [0, 0.1) is 5.82 Å². The van der Waals surface area contributed by atoms with E-state index in [-0.39, 0.29) is 42.4 Å². The lowest BCUT2D eigenvalue weighted by atomic mass is 10.2. The van der Waals surface area contributed by atoms with Crippen molar-refractivity contribution in [3.63, 3.8) is 0 Å². The van der Waals surface area contributed by atoms with Gasteiger partial charge in [-0.05, 0) is 12.1 Å². The molecule has 0 radical (unpaired) electrons. The van der Waals surface area contributed by atoms with E-state index in [0.29, 0.717) is 19.6 Å². The van der Waals surface area contributed by atoms with Crippen LogP contribution >= 0.6 is 0 Å². The van der Waals surface area contributed by atoms with Crippen LogP contribution in [-0.2, 0) is 19.1 Å². The second kappa shape index (κ2) is 9.89. The van der Waals surface area contributed by atoms with Gasteiger partial charge in [-0.25, -0.2) is 9.18 Å². The Bertz CT molecular complexity index is 722. The minimum Gasteiger partial charge on any atom is -0.491 e. The molecular formula is C18H23FN2O6. The number of carbonyl (C=O) groups is 2. The Morgan fingerprint density at radius 1 is 1.33 bits per heavy atom. The number of esters is 1. The van der Waals surface area contributed by atoms with Gasteiger partial charge in [-0.2, -0.15) is 0 Å². The lowest BCUT2D eigenvalue weighted by Gasteiger charge is -2.17. The Kier molecular flexibility index (Phi) is 7.56. The molecule has 1 aromatic carbocycles. The van der Waals surface area contributed by atoms with Crippen LogP contribution in [0.25, 0.3) is 0 Å². The van der Waals surface area contributed by atoms with E-state index in [1.54, 1.807) is 13.2 Å². The van der Waals surface area contributed by atoms with Gasteiger partial charge in [0.2, 0.25) is 0 Å². The standard InChI is InChI=1S/C18H23FN2O6/c1-25-9-4-10-27-14-6-3-5-13(19)16(14)20-15-12(18(24)26-2)11-21(7-8-22)17(15)23/h3,5-6,20,22H,4,7-11H2,1-2H3. The number of aliphatic hydroxyl groups is 1. The summed E-state index contributed by atoms with van der Waals surface area (Å²) in [5, 5.41) is 11.8. The Hall–Kier alpha value is -2.65. The number of halogens is 1. The SMILES string of the molecule is COCCCOc1cccc(F)c1NC1=C(C(=O)OC)CN(CCO)C1=O. The monoisotopic (exact) mass is 382 g/mol. The van der Waals surface area contributed by atoms with Gasteiger partial charge in [0.05, 0.1) is 32.4 Å². The largest absolute Gasteiger partial charge is 0.491 e. The van der Waals surface area contributed by atoms with Crippen molar-refractivity contribution in [2.45, 2.75) is 6.42 Å². The number of methoxy groups -OCH3 is 2. The molecule has 0 unspecified atom stereocenters. The predicted octanol–water partition coefficient (Wildman–Crippen LogP) is 0.914. The quantitative estimate of drug-likeness (QED) is 0.459. The van der Waals surface area contributed by atoms with Gasteiger partial charge < -0.3 is 29.5 Å². The van der Waals surface area contributed by atoms with Crippen LogP contribution in [0.4, 0.5) is 10.1 Å². The zero-order chi connectivity index (χ0) is 19.8. The maximum atomic E-state index is 14.4. The van der Waals surface area contributed by atoms with Gasteiger partial charge in [0.1, 0.15) is 23.0 Å². The van der Waals surface area contributed by atoms with E-state index in [1.165, 1.54) is 24.1 Å². The Morgan fingerprint density at radius 2 is 2.11 bits per heavy atom. The highest BCUT2D eigenvalue weighted by Gasteiger charge is 2.35. The van der Waals surface area contributed by atoms with Crippen molar-refractivity contribution in [2.24, 2.45) is 0 Å². The summed E-state index contributed by atoms with van der Waals surface area (Å²) in [5.41, 5.74) is -0.0859. The molecule has 0 saturated heterocycles. The third-order valence-corrected chi connectivity index (χ3v) is 3.93. The average Bonchev–Trinajstić information content (AvgIpc) is 2.97. The van der Waals surface area contributed by atoms with E-state index in [9.17, 15) is 14.0 Å². The number of nitrogens with one attached hydrogen (secondary N) is 1. The normalized spacial score (nSPS) is 13.9. The second-order valence-corrected chi connectivity index (χ2v) is 5.73. The fourth-order valence-electron chi connectivity index (χ4n) is 2.61. The fourth-order valence-corrected chi connectivity index (χ4v) is 2.61. The second-order valence-electron chi connectivity index (χ2n) is 5.73. The number of aliphatic hydroxyl groups excluding tert-OH is 1. The first kappa shape index (κ1) is 20.7. The molecule has 0 atom stereocenters. The molecule has 1 aromatic rings. The summed E-state index contributed by atoms with van der Waals surface area (Å²) in [6.07, 6.45) is 0.603. The molecule has 2 rings (SSSR count). The number of carbonyl (C=O) groups excluding carboxylic acids is 2. The molecule has 0 saturated carbocycles. The van der Waals surface area contributed by atoms with E-state index >= 15 is 0 Å². The third-order valence-electron chi connectivity index (χ3n) is 3.93. The van der Waals surface area contributed by atoms with E-state index in [2.05, 4.69) is 5.32 Å². The molecule has 0 aromatic heterocycles. The first-order valence-corrected chi connectivity index (χ1v) is 8.42. The molecule has 0 aliphatic carbocycles. The topological polar surface area (TPSA) is 97.3 Å². The molecule has 1 aliphatic heterocycles. The number of anilines is 1. The minimum absolute atomic E-state index is 0.0348. The van der Waals surface area contributed by atoms with E-state index < -0.39 is 17.7 Å². The van der Waals surface area contributed by atoms with E-state index in [0.717, 1.165) is 0 Å². The molecule has 1 heterocycles. The fraction of sp³-hybridized carbons (Fsp3) is 0.444. The molecule has 0 bridgehead atoms. The lowest BCUT2D eigenvalue weighted by molar-refractivity contribution is -0.136. The van der Waals surface area contributed by atoms with Crippen LogP contribution in [0.1, 0.15) is 6.42 Å². The summed E-state index contributed by atoms with van der Waals surface area (Å²) < 4.78 is 29.6. The first-order valence-electron chi connectivity index (χ1n) is 8.42. The van der Waals surface area contributed by atoms with Gasteiger partial charge in [0, 0.05) is 26.7 Å². The van der Waals surface area contributed by atoms with E-state index in [4.69, 9.17) is 19.3 Å². The summed E-state index contributed by atoms with van der Waals surface area (Å²) in [6, 6.07) is 4.26. The molecule has 9 heteroatoms. The molecule has 0 fully saturated rings. The highest BCUT2D eigenvalue weighted by atomic mass is 19.1. The van der Waals surface area contributed by atoms with Crippen molar-refractivity contribution in [1.29, 1.82) is 0 Å². The van der Waals surface area contributed by atoms with Crippen LogP contribution < -0.4 is 10.1 Å². The van der Waals surface area contributed by atoms with Crippen LogP contribution in [0.5, 0.6) is 5.75 Å². The number of para-hydroxylation sites is 1. The number of hydrogen-bond acceptors (Lipinski definition) is 7. The summed E-state index contributed by atoms with van der Waals surface area (Å²) >= 11 is 0. The van der Waals surface area contributed by atoms with Gasteiger partial charge in [-0.1, -0.05) is 6.07 Å². The molecule has 1 aliphatic rings. The molecule has 1 amide bonds. The van der Waals surface area contributed by atoms with Crippen molar-refractivity contribution in [3.8, 4) is 5.75 Å². The van der Waals surface area contributed by atoms with E-state index in [1.807, 2.05) is 0 Å². The van der Waals surface area contributed by atoms with Crippen molar-refractivity contribution < 1.29 is 33.3 Å². The zero-order valence-electron chi connectivity index (χ0n) is 15.3. The highest BCUT2D eigenvalue weighted by Crippen LogP contribution is 2.31. The Balaban J connectivity index is 2.29. The molecule has 27 heavy (non-hydrogen) atoms. The van der Waals surface area contributed by atoms with Crippen LogP contribution in [0.15, 0.2) is 29.5 Å². The zero-order valence-corrected chi connectivity index (χ0v) is 15.3. The van der Waals surface area contributed by atoms with Crippen molar-refractivity contribution in [1.82, 2.24) is 4.90 Å². The van der Waals surface area contributed by atoms with Gasteiger partial charge in [0.15, 0.2) is 0 Å². The van der Waals surface area contributed by atoms with Crippen molar-refractivity contribution in [2.75, 3.05) is 52.4 Å². The molecule has 8 nitrogen and oxygen atoms in total. The third kappa shape index (κ3) is 4.95. The van der Waals surface area contributed by atoms with Crippen LogP contribution in [-0.4, -0.2) is 69.0 Å². The maximum absolute atomic E-state index is 14.4. The van der Waals surface area contributed by atoms with Gasteiger partial charge in [-0.3, -0.25) is 4.79 Å². The molecule has 0 spiro atoms. The predicted molar refractivity (Wildman–Crippen MR) is 94.7 cm³/mol. The van der Waals surface area contributed by atoms with Gasteiger partial charge in [0.25, 0.3) is 5.91 Å². The first-order chi connectivity index (χ1) is 13.0. The lowest BCUT2D eigenvalue weighted by Crippen LogP contribution is -2.31. The summed E-state index contributed by atoms with van der Waals surface area (Å²) in [5.74, 6) is -1.66. The number of ether oxygens (including phenoxy) is 3. The number of β-amino-alcohol motifs (C(OH)–C–C–N with tert-alkyl or cyclic N) is 1. The number of amides is 1. The van der Waals surface area contributed by atoms with Crippen LogP contribution in [0.2, 0.25) is 0 Å². The molecule has 148 valence electrons. The summed E-state index contributed by atoms with van der Waals surface area (Å²) in [4.78, 5) is 25.9. The van der Waals surface area contributed by atoms with Crippen molar-refractivity contribution in [3.05, 3.63) is 35.3 Å². The summed E-state index contributed by atoms with van der Waals surface area (Å²) in [7, 11) is 2.76. The molecule has 2 N–H and O–H groups in total. The smallest absolute Gasteiger partial charge is 0.337 e. The van der Waals surface area contributed by atoms with Crippen molar-refractivity contribution >= 4 is 17.6 Å². The Labute approximate surface area is 156 Å². The summed E-state index contributed by atoms with van der Waals surface area (Å²) in [6.45, 7) is 0.528. The van der Waals surface area contributed by atoms with Gasteiger partial charge in [-0.15, -0.1) is 0 Å². The highest BCUT2D eigenvalue weighted by molar-refractivity contribution is 6.08. The molecular weight excluding hydrogens is 359 g/mol. The van der Waals surface area contributed by atoms with Gasteiger partial charge >= 0.3 is 5.97 Å². The minimum atomic E-state index is -0.704. The maximum Gasteiger partial charge on any atom is 0.337 e. The number of rotatable bonds is 10. The average molecular weight is 382 g/mol. The number of nitrogens with zero attached hydrogens (tertiary/aromatic N) is 1. The Morgan fingerprint density at radius 3 is 2.78 bits per heavy atom.